The van der Waals surface area contributed by atoms with Crippen molar-refractivity contribution in [3.05, 3.63) is 76.7 Å². The average Bonchev–Trinajstić information content (AvgIpc) is 2.82. The number of halogens is 2. The first-order valence-electron chi connectivity index (χ1n) is 10.8. The van der Waals surface area contributed by atoms with Crippen LogP contribution in [-0.4, -0.2) is 16.8 Å². The Kier molecular flexibility index (Phi) is 6.70. The number of hydrazine groups is 1. The molecule has 7 heteroatoms. The molecule has 2 N–H and O–H groups in total. The summed E-state index contributed by atoms with van der Waals surface area (Å²) >= 11 is 5.84. The highest BCUT2D eigenvalue weighted by Crippen LogP contribution is 2.40. The van der Waals surface area contributed by atoms with E-state index in [9.17, 15) is 14.0 Å². The molecule has 32 heavy (non-hydrogen) atoms. The molecule has 1 fully saturated rings. The standard InChI is InChI=1S/C25H25ClFN3O2/c1-15(24(31)29-30-25(32)18-6-8-19(26)9-7-18)16-2-4-17(5-3-16)21-12-13-28-23-11-10-20(27)14-22(21)23/h6-17H,2-5H2,1H3,(H,29,31)(H,30,32)/t15-,16?,17?/m1/s1. The van der Waals surface area contributed by atoms with Gasteiger partial charge in [0.15, 0.2) is 0 Å². The van der Waals surface area contributed by atoms with Gasteiger partial charge in [-0.3, -0.25) is 25.4 Å². The number of benzene rings is 2. The topological polar surface area (TPSA) is 71.1 Å². The highest BCUT2D eigenvalue weighted by atomic mass is 35.5. The van der Waals surface area contributed by atoms with Crippen LogP contribution in [-0.2, 0) is 4.79 Å². The lowest BCUT2D eigenvalue weighted by atomic mass is 9.73. The molecule has 0 spiro atoms. The number of amides is 2. The van der Waals surface area contributed by atoms with E-state index < -0.39 is 0 Å². The fraction of sp³-hybridized carbons (Fsp3) is 0.320. The molecule has 0 saturated heterocycles. The van der Waals surface area contributed by atoms with E-state index in [-0.39, 0.29) is 29.5 Å². The molecule has 2 amide bonds. The number of fused-ring (bicyclic) bond motifs is 1. The quantitative estimate of drug-likeness (QED) is 0.519. The van der Waals surface area contributed by atoms with Gasteiger partial charge in [-0.2, -0.15) is 0 Å². The molecular formula is C25H25ClFN3O2. The number of nitrogens with one attached hydrogen (secondary N) is 2. The Balaban J connectivity index is 1.33. The van der Waals surface area contributed by atoms with E-state index in [2.05, 4.69) is 15.8 Å². The van der Waals surface area contributed by atoms with Crippen LogP contribution in [0.3, 0.4) is 0 Å². The Morgan fingerprint density at radius 1 is 1.03 bits per heavy atom. The maximum Gasteiger partial charge on any atom is 0.269 e. The van der Waals surface area contributed by atoms with Crippen molar-refractivity contribution >= 4 is 34.3 Å². The highest BCUT2D eigenvalue weighted by Gasteiger charge is 2.30. The number of hydrogen-bond acceptors (Lipinski definition) is 3. The fourth-order valence-corrected chi connectivity index (χ4v) is 4.67. The molecule has 0 radical (unpaired) electrons. The van der Waals surface area contributed by atoms with E-state index >= 15 is 0 Å². The van der Waals surface area contributed by atoms with Crippen LogP contribution in [0.5, 0.6) is 0 Å². The van der Waals surface area contributed by atoms with E-state index in [1.54, 1.807) is 42.6 Å². The maximum absolute atomic E-state index is 13.8. The van der Waals surface area contributed by atoms with Crippen LogP contribution < -0.4 is 10.9 Å². The lowest BCUT2D eigenvalue weighted by molar-refractivity contribution is -0.127. The molecule has 1 heterocycles. The summed E-state index contributed by atoms with van der Waals surface area (Å²) in [6.45, 7) is 1.89. The summed E-state index contributed by atoms with van der Waals surface area (Å²) < 4.78 is 13.8. The molecule has 4 rings (SSSR count). The molecule has 1 aromatic heterocycles. The van der Waals surface area contributed by atoms with Crippen LogP contribution in [0.2, 0.25) is 5.02 Å². The second-order valence-electron chi connectivity index (χ2n) is 8.41. The van der Waals surface area contributed by atoms with Crippen molar-refractivity contribution in [3.8, 4) is 0 Å². The number of carbonyl (C=O) groups excluding carboxylic acids is 2. The molecule has 5 nitrogen and oxygen atoms in total. The van der Waals surface area contributed by atoms with E-state index in [1.807, 2.05) is 13.0 Å². The summed E-state index contributed by atoms with van der Waals surface area (Å²) in [6, 6.07) is 13.1. The third-order valence-corrected chi connectivity index (χ3v) is 6.73. The van der Waals surface area contributed by atoms with Crippen molar-refractivity contribution < 1.29 is 14.0 Å². The van der Waals surface area contributed by atoms with Gasteiger partial charge in [-0.1, -0.05) is 18.5 Å². The van der Waals surface area contributed by atoms with Crippen molar-refractivity contribution in [2.24, 2.45) is 11.8 Å². The zero-order valence-electron chi connectivity index (χ0n) is 17.8. The third-order valence-electron chi connectivity index (χ3n) is 6.48. The summed E-state index contributed by atoms with van der Waals surface area (Å²) in [4.78, 5) is 29.1. The molecule has 1 atom stereocenters. The van der Waals surface area contributed by atoms with Crippen molar-refractivity contribution in [2.75, 3.05) is 0 Å². The van der Waals surface area contributed by atoms with Gasteiger partial charge in [-0.25, -0.2) is 4.39 Å². The summed E-state index contributed by atoms with van der Waals surface area (Å²) in [6.07, 6.45) is 5.41. The summed E-state index contributed by atoms with van der Waals surface area (Å²) in [5.41, 5.74) is 7.37. The second-order valence-corrected chi connectivity index (χ2v) is 8.85. The highest BCUT2D eigenvalue weighted by molar-refractivity contribution is 6.30. The largest absolute Gasteiger partial charge is 0.273 e. The van der Waals surface area contributed by atoms with Gasteiger partial charge >= 0.3 is 0 Å². The van der Waals surface area contributed by atoms with E-state index in [1.165, 1.54) is 6.07 Å². The van der Waals surface area contributed by atoms with Gasteiger partial charge in [-0.05, 0) is 91.6 Å². The van der Waals surface area contributed by atoms with Crippen LogP contribution >= 0.6 is 11.6 Å². The zero-order chi connectivity index (χ0) is 22.7. The molecule has 0 aliphatic heterocycles. The Labute approximate surface area is 191 Å². The third kappa shape index (κ3) is 4.91. The molecule has 0 unspecified atom stereocenters. The van der Waals surface area contributed by atoms with Gasteiger partial charge in [0.1, 0.15) is 5.82 Å². The van der Waals surface area contributed by atoms with Crippen molar-refractivity contribution in [2.45, 2.75) is 38.5 Å². The van der Waals surface area contributed by atoms with Crippen molar-refractivity contribution in [3.63, 3.8) is 0 Å². The summed E-state index contributed by atoms with van der Waals surface area (Å²) in [5.74, 6) is -0.531. The van der Waals surface area contributed by atoms with Crippen LogP contribution in [0.25, 0.3) is 10.9 Å². The van der Waals surface area contributed by atoms with Crippen molar-refractivity contribution in [1.29, 1.82) is 0 Å². The number of carbonyl (C=O) groups is 2. The van der Waals surface area contributed by atoms with Gasteiger partial charge in [0.2, 0.25) is 5.91 Å². The monoisotopic (exact) mass is 453 g/mol. The smallest absolute Gasteiger partial charge is 0.269 e. The molecule has 0 bridgehead atoms. The molecule has 1 aliphatic carbocycles. The Hall–Kier alpha value is -2.99. The lowest BCUT2D eigenvalue weighted by Crippen LogP contribution is -2.45. The van der Waals surface area contributed by atoms with Crippen LogP contribution in [0.4, 0.5) is 4.39 Å². The minimum absolute atomic E-state index is 0.202. The first-order valence-corrected chi connectivity index (χ1v) is 11.2. The predicted octanol–water partition coefficient (Wildman–Crippen LogP) is 5.40. The summed E-state index contributed by atoms with van der Waals surface area (Å²) in [5, 5.41) is 1.41. The number of pyridine rings is 1. The normalized spacial score (nSPS) is 19.3. The maximum atomic E-state index is 13.8. The van der Waals surface area contributed by atoms with Gasteiger partial charge in [0.25, 0.3) is 5.91 Å². The number of nitrogens with zero attached hydrogens (tertiary/aromatic N) is 1. The minimum atomic E-state index is -0.386. The summed E-state index contributed by atoms with van der Waals surface area (Å²) in [7, 11) is 0. The van der Waals surface area contributed by atoms with Gasteiger partial charge in [-0.15, -0.1) is 0 Å². The second kappa shape index (κ2) is 9.65. The molecule has 2 aromatic carbocycles. The van der Waals surface area contributed by atoms with Crippen molar-refractivity contribution in [1.82, 2.24) is 15.8 Å². The van der Waals surface area contributed by atoms with E-state index in [4.69, 9.17) is 11.6 Å². The van der Waals surface area contributed by atoms with Crippen LogP contribution in [0, 0.1) is 17.7 Å². The Morgan fingerprint density at radius 2 is 1.75 bits per heavy atom. The predicted molar refractivity (Wildman–Crippen MR) is 123 cm³/mol. The molecule has 3 aromatic rings. The fourth-order valence-electron chi connectivity index (χ4n) is 4.55. The SMILES string of the molecule is C[C@@H](C(=O)NNC(=O)c1ccc(Cl)cc1)C1CCC(c2ccnc3ccc(F)cc23)CC1. The van der Waals surface area contributed by atoms with E-state index in [0.29, 0.717) is 16.5 Å². The Morgan fingerprint density at radius 3 is 2.47 bits per heavy atom. The number of aromatic nitrogens is 1. The number of hydrogen-bond donors (Lipinski definition) is 2. The molecule has 1 saturated carbocycles. The van der Waals surface area contributed by atoms with Crippen LogP contribution in [0.15, 0.2) is 54.7 Å². The van der Waals surface area contributed by atoms with Gasteiger partial charge < -0.3 is 0 Å². The molecular weight excluding hydrogens is 429 g/mol. The lowest BCUT2D eigenvalue weighted by Gasteiger charge is -2.32. The van der Waals surface area contributed by atoms with Gasteiger partial charge in [0.05, 0.1) is 5.52 Å². The average molecular weight is 454 g/mol. The molecule has 166 valence electrons. The first-order chi connectivity index (χ1) is 15.4. The zero-order valence-corrected chi connectivity index (χ0v) is 18.5. The molecule has 1 aliphatic rings. The minimum Gasteiger partial charge on any atom is -0.273 e. The van der Waals surface area contributed by atoms with Crippen LogP contribution in [0.1, 0.15) is 54.4 Å². The first kappa shape index (κ1) is 22.2. The Bertz CT molecular complexity index is 1130. The van der Waals surface area contributed by atoms with E-state index in [0.717, 1.165) is 42.1 Å². The van der Waals surface area contributed by atoms with Gasteiger partial charge in [0, 0.05) is 28.1 Å². The number of rotatable bonds is 4.